The van der Waals surface area contributed by atoms with E-state index in [1.54, 1.807) is 33.8 Å². The molecule has 1 aromatic carbocycles. The number of aliphatic hydroxyl groups is 1. The lowest BCUT2D eigenvalue weighted by Gasteiger charge is -2.33. The van der Waals surface area contributed by atoms with Crippen molar-refractivity contribution in [1.82, 2.24) is 25.8 Å². The van der Waals surface area contributed by atoms with E-state index in [0.29, 0.717) is 17.6 Å². The molecule has 60 heavy (non-hydrogen) atoms. The van der Waals surface area contributed by atoms with Gasteiger partial charge in [-0.15, -0.1) is 0 Å². The molecular weight excluding hydrogens is 778 g/mol. The SMILES string of the molecule is C/C=C(\C)[C@H]1OC(=O)[C@@H](C)NC(=O)C(C(C)CC)NC(=O)CN(C)C(=O)[C@@H](Cc2ccc(F)cc2)N(C)C(=O)[C@H](C)NC(=O)[C@@H](CC(C)C)OC(=O)/C(C)=C/C[C@H](O)[C@@H]1C. The highest BCUT2D eigenvalue weighted by molar-refractivity contribution is 5.96. The summed E-state index contributed by atoms with van der Waals surface area (Å²) < 4.78 is 25.3. The Morgan fingerprint density at radius 3 is 2.08 bits per heavy atom. The second-order valence-corrected chi connectivity index (χ2v) is 16.3. The van der Waals surface area contributed by atoms with Crippen LogP contribution in [0.2, 0.25) is 0 Å². The predicted octanol–water partition coefficient (Wildman–Crippen LogP) is 3.38. The standard InChI is InChI=1S/C44H66FN5O10/c1-13-25(5)37-40(54)47-30(10)44(58)60-38(26(6)14-2)28(8)34(51)20-15-27(7)43(57)59-35(21-24(3)4)39(53)46-29(9)41(55)50(12)33(22-31-16-18-32(45)19-17-31)42(56)49(11)23-36(52)48-37/h14-19,24-25,28-30,33-35,37-38,51H,13,20-23H2,1-12H3,(H,46,53)(H,47,54)(H,48,52)/b26-14+,27-15+/t25?,28-,29-,30+,33+,34-,35+,37?,38+/m0/s1. The normalized spacial score (nSPS) is 28.6. The molecule has 2 unspecified atom stereocenters. The minimum absolute atomic E-state index is 0.0400. The molecular formula is C44H66FN5O10. The van der Waals surface area contributed by atoms with Crippen molar-refractivity contribution in [1.29, 1.82) is 0 Å². The zero-order valence-electron chi connectivity index (χ0n) is 37.2. The average Bonchev–Trinajstić information content (AvgIpc) is 3.20. The summed E-state index contributed by atoms with van der Waals surface area (Å²) >= 11 is 0. The van der Waals surface area contributed by atoms with E-state index < -0.39 is 108 Å². The van der Waals surface area contributed by atoms with Crippen molar-refractivity contribution < 1.29 is 52.5 Å². The van der Waals surface area contributed by atoms with Gasteiger partial charge in [-0.2, -0.15) is 0 Å². The maximum Gasteiger partial charge on any atom is 0.334 e. The van der Waals surface area contributed by atoms with Gasteiger partial charge in [-0.1, -0.05) is 65.3 Å². The number of hydrogen-bond donors (Lipinski definition) is 4. The fourth-order valence-electron chi connectivity index (χ4n) is 6.55. The van der Waals surface area contributed by atoms with Crippen LogP contribution in [-0.2, 0) is 49.5 Å². The third-order valence-electron chi connectivity index (χ3n) is 10.9. The molecule has 15 nitrogen and oxygen atoms in total. The van der Waals surface area contributed by atoms with Gasteiger partial charge in [-0.05, 0) is 82.6 Å². The highest BCUT2D eigenvalue weighted by atomic mass is 19.1. The van der Waals surface area contributed by atoms with E-state index in [2.05, 4.69) is 16.0 Å². The number of esters is 2. The van der Waals surface area contributed by atoms with Crippen LogP contribution in [0.15, 0.2) is 47.6 Å². The Labute approximate surface area is 353 Å². The number of allylic oxidation sites excluding steroid dienone is 1. The van der Waals surface area contributed by atoms with Gasteiger partial charge in [-0.25, -0.2) is 14.0 Å². The largest absolute Gasteiger partial charge is 0.456 e. The summed E-state index contributed by atoms with van der Waals surface area (Å²) in [6, 6.07) is 0.625. The summed E-state index contributed by atoms with van der Waals surface area (Å²) in [7, 11) is 2.73. The van der Waals surface area contributed by atoms with Gasteiger partial charge in [0.2, 0.25) is 23.6 Å². The third kappa shape index (κ3) is 14.9. The Balaban J connectivity index is 2.63. The van der Waals surface area contributed by atoms with E-state index in [-0.39, 0.29) is 30.8 Å². The molecule has 0 aliphatic carbocycles. The number of likely N-dealkylation sites (N-methyl/N-ethyl adjacent to an activating group) is 2. The van der Waals surface area contributed by atoms with Crippen LogP contribution in [-0.4, -0.2) is 120 Å². The maximum atomic E-state index is 14.1. The topological polar surface area (TPSA) is 201 Å². The molecule has 0 spiro atoms. The highest BCUT2D eigenvalue weighted by Crippen LogP contribution is 2.24. The summed E-state index contributed by atoms with van der Waals surface area (Å²) in [6.07, 6.45) is 0.338. The van der Waals surface area contributed by atoms with Gasteiger partial charge in [0.15, 0.2) is 6.10 Å². The molecule has 16 heteroatoms. The molecule has 2 rings (SSSR count). The molecule has 0 saturated heterocycles. The molecule has 1 aliphatic heterocycles. The molecule has 0 fully saturated rings. The summed E-state index contributed by atoms with van der Waals surface area (Å²) in [6.45, 7) is 16.2. The Morgan fingerprint density at radius 2 is 1.52 bits per heavy atom. The zero-order valence-corrected chi connectivity index (χ0v) is 37.2. The number of nitrogens with one attached hydrogen (secondary N) is 3. The Bertz CT molecular complexity index is 1750. The molecule has 0 bridgehead atoms. The number of benzene rings is 1. The number of aliphatic hydroxyl groups excluding tert-OH is 1. The summed E-state index contributed by atoms with van der Waals surface area (Å²) in [5.41, 5.74) is 1.24. The first kappa shape index (κ1) is 51.0. The third-order valence-corrected chi connectivity index (χ3v) is 10.9. The van der Waals surface area contributed by atoms with Crippen LogP contribution >= 0.6 is 0 Å². The predicted molar refractivity (Wildman–Crippen MR) is 223 cm³/mol. The van der Waals surface area contributed by atoms with E-state index in [1.165, 1.54) is 65.2 Å². The molecule has 5 amide bonds. The minimum Gasteiger partial charge on any atom is -0.456 e. The number of amides is 5. The van der Waals surface area contributed by atoms with E-state index in [1.807, 2.05) is 20.8 Å². The van der Waals surface area contributed by atoms with Crippen LogP contribution in [0.4, 0.5) is 4.39 Å². The van der Waals surface area contributed by atoms with Crippen LogP contribution in [0, 0.1) is 23.6 Å². The number of halogens is 1. The molecule has 0 radical (unpaired) electrons. The van der Waals surface area contributed by atoms with E-state index in [4.69, 9.17) is 9.47 Å². The number of hydrogen-bond acceptors (Lipinski definition) is 10. The van der Waals surface area contributed by atoms with Gasteiger partial charge in [0.25, 0.3) is 5.91 Å². The smallest absolute Gasteiger partial charge is 0.334 e. The van der Waals surface area contributed by atoms with Gasteiger partial charge in [0, 0.05) is 32.0 Å². The first-order valence-electron chi connectivity index (χ1n) is 20.6. The number of rotatable bonds is 7. The lowest BCUT2D eigenvalue weighted by Crippen LogP contribution is -2.57. The van der Waals surface area contributed by atoms with Crippen molar-refractivity contribution in [3.8, 4) is 0 Å². The fraction of sp³-hybridized carbons (Fsp3) is 0.614. The molecule has 1 aromatic rings. The van der Waals surface area contributed by atoms with Gasteiger partial charge in [0.05, 0.1) is 12.6 Å². The number of carbonyl (C=O) groups is 7. The van der Waals surface area contributed by atoms with Crippen LogP contribution in [0.5, 0.6) is 0 Å². The summed E-state index contributed by atoms with van der Waals surface area (Å²) in [5, 5.41) is 19.2. The quantitative estimate of drug-likeness (QED) is 0.233. The molecule has 334 valence electrons. The van der Waals surface area contributed by atoms with Crippen LogP contribution < -0.4 is 16.0 Å². The number of cyclic esters (lactones) is 2. The summed E-state index contributed by atoms with van der Waals surface area (Å²) in [4.78, 5) is 97.8. The van der Waals surface area contributed by atoms with Crippen molar-refractivity contribution in [2.75, 3.05) is 20.6 Å². The van der Waals surface area contributed by atoms with Gasteiger partial charge in [-0.3, -0.25) is 24.0 Å². The second-order valence-electron chi connectivity index (χ2n) is 16.3. The van der Waals surface area contributed by atoms with Gasteiger partial charge in [0.1, 0.15) is 36.1 Å². The lowest BCUT2D eigenvalue weighted by molar-refractivity contribution is -0.155. The fourth-order valence-corrected chi connectivity index (χ4v) is 6.55. The molecule has 4 N–H and O–H groups in total. The van der Waals surface area contributed by atoms with Gasteiger partial charge < -0.3 is 40.3 Å². The van der Waals surface area contributed by atoms with Gasteiger partial charge >= 0.3 is 11.9 Å². The van der Waals surface area contributed by atoms with Crippen LogP contribution in [0.1, 0.15) is 94.1 Å². The minimum atomic E-state index is -1.30. The first-order chi connectivity index (χ1) is 28.0. The van der Waals surface area contributed by atoms with Crippen molar-refractivity contribution in [3.05, 3.63) is 58.9 Å². The number of carbonyl (C=O) groups excluding carboxylic acids is 7. The molecule has 1 heterocycles. The lowest BCUT2D eigenvalue weighted by atomic mass is 9.90. The Kier molecular flexibility index (Phi) is 20.1. The molecule has 1 aliphatic rings. The zero-order chi connectivity index (χ0) is 45.6. The van der Waals surface area contributed by atoms with Crippen molar-refractivity contribution in [3.63, 3.8) is 0 Å². The number of ether oxygens (including phenoxy) is 2. The highest BCUT2D eigenvalue weighted by Gasteiger charge is 2.36. The van der Waals surface area contributed by atoms with Crippen LogP contribution in [0.25, 0.3) is 0 Å². The first-order valence-corrected chi connectivity index (χ1v) is 20.6. The second kappa shape index (κ2) is 23.6. The Hall–Kier alpha value is -5.12. The van der Waals surface area contributed by atoms with Crippen LogP contribution in [0.3, 0.4) is 0 Å². The summed E-state index contributed by atoms with van der Waals surface area (Å²) in [5.74, 6) is -6.75. The molecule has 9 atom stereocenters. The van der Waals surface area contributed by atoms with E-state index >= 15 is 0 Å². The number of nitrogens with zero attached hydrogens (tertiary/aromatic N) is 2. The molecule has 0 saturated carbocycles. The molecule has 0 aromatic heterocycles. The van der Waals surface area contributed by atoms with Crippen molar-refractivity contribution >= 4 is 41.5 Å². The van der Waals surface area contributed by atoms with Crippen molar-refractivity contribution in [2.45, 2.75) is 137 Å². The monoisotopic (exact) mass is 843 g/mol. The van der Waals surface area contributed by atoms with Crippen molar-refractivity contribution in [2.24, 2.45) is 17.8 Å². The van der Waals surface area contributed by atoms with E-state index in [9.17, 15) is 43.1 Å². The Morgan fingerprint density at radius 1 is 0.917 bits per heavy atom. The average molecular weight is 844 g/mol. The maximum absolute atomic E-state index is 14.1. The van der Waals surface area contributed by atoms with E-state index in [0.717, 1.165) is 9.80 Å².